The Hall–Kier alpha value is -0.0900. The van der Waals surface area contributed by atoms with E-state index >= 15 is 0 Å². The highest BCUT2D eigenvalue weighted by molar-refractivity contribution is 14.1. The summed E-state index contributed by atoms with van der Waals surface area (Å²) in [5.74, 6) is 0. The van der Waals surface area contributed by atoms with E-state index in [1.807, 2.05) is 0 Å². The zero-order valence-electron chi connectivity index (χ0n) is 10.0. The highest BCUT2D eigenvalue weighted by Gasteiger charge is 1.95. The van der Waals surface area contributed by atoms with Crippen LogP contribution in [0.4, 0.5) is 0 Å². The van der Waals surface area contributed by atoms with Crippen molar-refractivity contribution < 1.29 is 4.74 Å². The van der Waals surface area contributed by atoms with Gasteiger partial charge in [0.2, 0.25) is 0 Å². The van der Waals surface area contributed by atoms with Crippen molar-refractivity contribution in [1.82, 2.24) is 0 Å². The Morgan fingerprint density at radius 3 is 2.56 bits per heavy atom. The molecule has 1 aromatic rings. The number of hydrogen-bond acceptors (Lipinski definition) is 1. The van der Waals surface area contributed by atoms with Crippen LogP contribution in [-0.2, 0) is 11.2 Å². The van der Waals surface area contributed by atoms with Crippen LogP contribution in [0.1, 0.15) is 37.7 Å². The summed E-state index contributed by atoms with van der Waals surface area (Å²) in [6.07, 6.45) is 7.73. The first-order valence-electron chi connectivity index (χ1n) is 6.06. The molecule has 0 aliphatic rings. The summed E-state index contributed by atoms with van der Waals surface area (Å²) >= 11 is 2.38. The van der Waals surface area contributed by atoms with Gasteiger partial charge in [-0.1, -0.05) is 31.4 Å². The van der Waals surface area contributed by atoms with Crippen LogP contribution in [0.5, 0.6) is 0 Å². The molecular formula is C14H21IO. The van der Waals surface area contributed by atoms with Gasteiger partial charge in [-0.2, -0.15) is 0 Å². The topological polar surface area (TPSA) is 9.23 Å². The number of rotatable bonds is 8. The third-order valence-corrected chi connectivity index (χ3v) is 3.37. The van der Waals surface area contributed by atoms with E-state index in [-0.39, 0.29) is 0 Å². The largest absolute Gasteiger partial charge is 0.385 e. The average molecular weight is 332 g/mol. The molecule has 2 heteroatoms. The lowest BCUT2D eigenvalue weighted by Crippen LogP contribution is -1.90. The standard InChI is InChI=1S/C14H21IO/c1-16-11-6-4-2-3-5-8-13-9-7-10-14(15)12-13/h7,9-10,12H,2-6,8,11H2,1H3. The first-order chi connectivity index (χ1) is 7.83. The Morgan fingerprint density at radius 2 is 1.81 bits per heavy atom. The maximum absolute atomic E-state index is 5.03. The quantitative estimate of drug-likeness (QED) is 0.505. The van der Waals surface area contributed by atoms with Gasteiger partial charge in [-0.25, -0.2) is 0 Å². The van der Waals surface area contributed by atoms with Crippen molar-refractivity contribution >= 4 is 22.6 Å². The van der Waals surface area contributed by atoms with Gasteiger partial charge >= 0.3 is 0 Å². The summed E-state index contributed by atoms with van der Waals surface area (Å²) in [4.78, 5) is 0. The summed E-state index contributed by atoms with van der Waals surface area (Å²) in [5, 5.41) is 0. The highest BCUT2D eigenvalue weighted by Crippen LogP contribution is 2.12. The van der Waals surface area contributed by atoms with Gasteiger partial charge in [0.15, 0.2) is 0 Å². The summed E-state index contributed by atoms with van der Waals surface area (Å²) < 4.78 is 6.37. The zero-order valence-corrected chi connectivity index (χ0v) is 12.2. The smallest absolute Gasteiger partial charge is 0.0462 e. The monoisotopic (exact) mass is 332 g/mol. The number of hydrogen-bond donors (Lipinski definition) is 0. The van der Waals surface area contributed by atoms with Crippen molar-refractivity contribution in [2.45, 2.75) is 38.5 Å². The Bertz CT molecular complexity index is 286. The number of benzene rings is 1. The average Bonchev–Trinajstić information content (AvgIpc) is 2.28. The molecule has 0 fully saturated rings. The Labute approximate surface area is 113 Å². The Kier molecular flexibility index (Phi) is 7.85. The molecular weight excluding hydrogens is 311 g/mol. The van der Waals surface area contributed by atoms with Gasteiger partial charge in [0.1, 0.15) is 0 Å². The maximum atomic E-state index is 5.03. The van der Waals surface area contributed by atoms with E-state index in [2.05, 4.69) is 46.9 Å². The SMILES string of the molecule is COCCCCCCCc1cccc(I)c1. The number of ether oxygens (including phenoxy) is 1. The first kappa shape index (κ1) is 14.0. The molecule has 0 saturated heterocycles. The maximum Gasteiger partial charge on any atom is 0.0462 e. The fraction of sp³-hybridized carbons (Fsp3) is 0.571. The van der Waals surface area contributed by atoms with E-state index in [0.29, 0.717) is 0 Å². The van der Waals surface area contributed by atoms with Crippen LogP contribution in [0.25, 0.3) is 0 Å². The molecule has 1 nitrogen and oxygen atoms in total. The molecule has 1 aromatic carbocycles. The third kappa shape index (κ3) is 6.48. The van der Waals surface area contributed by atoms with Crippen LogP contribution in [0, 0.1) is 3.57 Å². The molecule has 0 N–H and O–H groups in total. The van der Waals surface area contributed by atoms with Crippen molar-refractivity contribution in [2.24, 2.45) is 0 Å². The van der Waals surface area contributed by atoms with Crippen LogP contribution < -0.4 is 0 Å². The molecule has 0 saturated carbocycles. The number of unbranched alkanes of at least 4 members (excludes halogenated alkanes) is 4. The first-order valence-corrected chi connectivity index (χ1v) is 7.14. The fourth-order valence-corrected chi connectivity index (χ4v) is 2.41. The van der Waals surface area contributed by atoms with Gasteiger partial charge in [-0.3, -0.25) is 0 Å². The van der Waals surface area contributed by atoms with Crippen molar-refractivity contribution in [1.29, 1.82) is 0 Å². The molecule has 0 radical (unpaired) electrons. The fourth-order valence-electron chi connectivity index (χ4n) is 1.80. The summed E-state index contributed by atoms with van der Waals surface area (Å²) in [6, 6.07) is 8.81. The van der Waals surface area contributed by atoms with E-state index in [4.69, 9.17) is 4.74 Å². The van der Waals surface area contributed by atoms with Crippen molar-refractivity contribution in [3.63, 3.8) is 0 Å². The second kappa shape index (κ2) is 8.99. The summed E-state index contributed by atoms with van der Waals surface area (Å²) in [7, 11) is 1.77. The second-order valence-electron chi connectivity index (χ2n) is 4.14. The Morgan fingerprint density at radius 1 is 1.06 bits per heavy atom. The van der Waals surface area contributed by atoms with E-state index in [1.54, 1.807) is 7.11 Å². The van der Waals surface area contributed by atoms with Crippen LogP contribution in [0.15, 0.2) is 24.3 Å². The van der Waals surface area contributed by atoms with E-state index in [0.717, 1.165) is 6.61 Å². The predicted octanol–water partition coefficient (Wildman–Crippen LogP) is 4.43. The third-order valence-electron chi connectivity index (χ3n) is 2.70. The van der Waals surface area contributed by atoms with Gasteiger partial charge in [-0.05, 0) is 59.5 Å². The highest BCUT2D eigenvalue weighted by atomic mass is 127. The van der Waals surface area contributed by atoms with Gasteiger partial charge in [0.05, 0.1) is 0 Å². The molecule has 1 rings (SSSR count). The molecule has 0 amide bonds. The molecule has 0 aliphatic heterocycles. The number of methoxy groups -OCH3 is 1. The van der Waals surface area contributed by atoms with Crippen LogP contribution in [0.2, 0.25) is 0 Å². The van der Waals surface area contributed by atoms with Gasteiger partial charge in [0.25, 0.3) is 0 Å². The molecule has 0 spiro atoms. The summed E-state index contributed by atoms with van der Waals surface area (Å²) in [5.41, 5.74) is 1.48. The molecule has 0 heterocycles. The molecule has 0 aromatic heterocycles. The summed E-state index contributed by atoms with van der Waals surface area (Å²) in [6.45, 7) is 0.914. The lowest BCUT2D eigenvalue weighted by Gasteiger charge is -2.03. The number of aryl methyl sites for hydroxylation is 1. The molecule has 0 aliphatic carbocycles. The minimum atomic E-state index is 0.914. The minimum Gasteiger partial charge on any atom is -0.385 e. The van der Waals surface area contributed by atoms with Gasteiger partial charge in [-0.15, -0.1) is 0 Å². The van der Waals surface area contributed by atoms with Crippen molar-refractivity contribution in [2.75, 3.05) is 13.7 Å². The van der Waals surface area contributed by atoms with Crippen molar-refractivity contribution in [3.05, 3.63) is 33.4 Å². The Balaban J connectivity index is 2.03. The minimum absolute atomic E-state index is 0.914. The molecule has 90 valence electrons. The molecule has 0 atom stereocenters. The van der Waals surface area contributed by atoms with E-state index in [1.165, 1.54) is 47.7 Å². The molecule has 0 unspecified atom stereocenters. The molecule has 0 bridgehead atoms. The van der Waals surface area contributed by atoms with Crippen LogP contribution >= 0.6 is 22.6 Å². The van der Waals surface area contributed by atoms with Gasteiger partial charge in [0, 0.05) is 17.3 Å². The molecule has 16 heavy (non-hydrogen) atoms. The lowest BCUT2D eigenvalue weighted by atomic mass is 10.1. The normalized spacial score (nSPS) is 10.6. The van der Waals surface area contributed by atoms with Gasteiger partial charge < -0.3 is 4.74 Å². The predicted molar refractivity (Wildman–Crippen MR) is 77.8 cm³/mol. The van der Waals surface area contributed by atoms with Crippen LogP contribution in [0.3, 0.4) is 0 Å². The van der Waals surface area contributed by atoms with E-state index < -0.39 is 0 Å². The zero-order chi connectivity index (χ0) is 11.6. The second-order valence-corrected chi connectivity index (χ2v) is 5.39. The van der Waals surface area contributed by atoms with E-state index in [9.17, 15) is 0 Å². The van der Waals surface area contributed by atoms with Crippen LogP contribution in [-0.4, -0.2) is 13.7 Å². The lowest BCUT2D eigenvalue weighted by molar-refractivity contribution is 0.192. The van der Waals surface area contributed by atoms with Crippen molar-refractivity contribution in [3.8, 4) is 0 Å². The number of halogens is 1.